The van der Waals surface area contributed by atoms with Crippen molar-refractivity contribution in [2.24, 2.45) is 0 Å². The molecule has 1 amide bonds. The molecule has 0 N–H and O–H groups in total. The first-order chi connectivity index (χ1) is 16.2. The Bertz CT molecular complexity index is 1250. The van der Waals surface area contributed by atoms with Crippen LogP contribution < -0.4 is 9.47 Å². The van der Waals surface area contributed by atoms with Gasteiger partial charge in [-0.15, -0.1) is 0 Å². The third-order valence-corrected chi connectivity index (χ3v) is 6.00. The third-order valence-electron chi connectivity index (χ3n) is 6.00. The predicted molar refractivity (Wildman–Crippen MR) is 122 cm³/mol. The molecule has 0 unspecified atom stereocenters. The molecule has 0 bridgehead atoms. The number of fused-ring (bicyclic) bond motifs is 1. The summed E-state index contributed by atoms with van der Waals surface area (Å²) in [5.74, 6) is 2.71. The Morgan fingerprint density at radius 3 is 2.67 bits per heavy atom. The van der Waals surface area contributed by atoms with Gasteiger partial charge in [0.25, 0.3) is 5.91 Å². The van der Waals surface area contributed by atoms with Crippen molar-refractivity contribution in [1.82, 2.24) is 15.0 Å². The summed E-state index contributed by atoms with van der Waals surface area (Å²) < 4.78 is 22.0. The van der Waals surface area contributed by atoms with E-state index >= 15 is 0 Å². The van der Waals surface area contributed by atoms with Gasteiger partial charge in [-0.3, -0.25) is 4.79 Å². The number of likely N-dealkylation sites (tertiary alicyclic amines) is 1. The van der Waals surface area contributed by atoms with E-state index in [-0.39, 0.29) is 11.8 Å². The van der Waals surface area contributed by atoms with Crippen molar-refractivity contribution in [3.05, 3.63) is 60.2 Å². The molecule has 5 rings (SSSR count). The first-order valence-electron chi connectivity index (χ1n) is 11.1. The molecule has 1 aliphatic heterocycles. The van der Waals surface area contributed by atoms with Crippen LogP contribution in [0, 0.1) is 0 Å². The van der Waals surface area contributed by atoms with Crippen LogP contribution in [0.3, 0.4) is 0 Å². The number of hydrogen-bond acceptors (Lipinski definition) is 7. The van der Waals surface area contributed by atoms with E-state index in [1.807, 2.05) is 42.2 Å². The fraction of sp³-hybridized carbons (Fsp3) is 0.320. The van der Waals surface area contributed by atoms with Crippen LogP contribution in [0.5, 0.6) is 11.5 Å². The Morgan fingerprint density at radius 1 is 1.15 bits per heavy atom. The number of carbonyl (C=O) groups excluding carboxylic acids is 1. The summed E-state index contributed by atoms with van der Waals surface area (Å²) in [6, 6.07) is 13.0. The second-order valence-electron chi connectivity index (χ2n) is 7.99. The second kappa shape index (κ2) is 8.97. The van der Waals surface area contributed by atoms with Gasteiger partial charge < -0.3 is 23.3 Å². The zero-order chi connectivity index (χ0) is 22.8. The molecule has 1 fully saturated rings. The molecule has 170 valence electrons. The molecular formula is C25H25N3O5. The van der Waals surface area contributed by atoms with Crippen molar-refractivity contribution >= 4 is 16.9 Å². The summed E-state index contributed by atoms with van der Waals surface area (Å²) in [5.41, 5.74) is 2.09. The summed E-state index contributed by atoms with van der Waals surface area (Å²) in [5, 5.41) is 5.01. The topological polar surface area (TPSA) is 90.8 Å². The van der Waals surface area contributed by atoms with Crippen LogP contribution in [0.2, 0.25) is 0 Å². The number of hydrogen-bond donors (Lipinski definition) is 0. The molecule has 33 heavy (non-hydrogen) atoms. The summed E-state index contributed by atoms with van der Waals surface area (Å²) >= 11 is 0. The van der Waals surface area contributed by atoms with Gasteiger partial charge in [0.1, 0.15) is 17.1 Å². The van der Waals surface area contributed by atoms with Gasteiger partial charge in [0, 0.05) is 30.1 Å². The van der Waals surface area contributed by atoms with E-state index in [4.69, 9.17) is 18.4 Å². The van der Waals surface area contributed by atoms with Crippen molar-refractivity contribution in [1.29, 1.82) is 0 Å². The molecule has 1 aliphatic rings. The highest BCUT2D eigenvalue weighted by molar-refractivity contribution is 5.99. The maximum atomic E-state index is 13.2. The maximum absolute atomic E-state index is 13.2. The highest BCUT2D eigenvalue weighted by Crippen LogP contribution is 2.32. The molecule has 0 saturated carbocycles. The number of rotatable bonds is 6. The Hall–Kier alpha value is -3.81. The maximum Gasteiger partial charge on any atom is 0.254 e. The average molecular weight is 447 g/mol. The molecule has 0 atom stereocenters. The van der Waals surface area contributed by atoms with E-state index in [0.29, 0.717) is 48.3 Å². The number of piperidine rings is 1. The number of methoxy groups -OCH3 is 1. The molecule has 1 saturated heterocycles. The highest BCUT2D eigenvalue weighted by Gasteiger charge is 2.29. The number of amides is 1. The fourth-order valence-electron chi connectivity index (χ4n) is 4.21. The van der Waals surface area contributed by atoms with E-state index < -0.39 is 0 Å². The van der Waals surface area contributed by atoms with Gasteiger partial charge in [0.2, 0.25) is 11.7 Å². The van der Waals surface area contributed by atoms with Crippen LogP contribution in [0.15, 0.2) is 57.7 Å². The lowest BCUT2D eigenvalue weighted by atomic mass is 9.96. The van der Waals surface area contributed by atoms with E-state index in [1.165, 1.54) is 0 Å². The minimum atomic E-state index is -0.0304. The zero-order valence-corrected chi connectivity index (χ0v) is 18.6. The smallest absolute Gasteiger partial charge is 0.254 e. The molecule has 2 aromatic heterocycles. The molecule has 0 radical (unpaired) electrons. The summed E-state index contributed by atoms with van der Waals surface area (Å²) in [6.07, 6.45) is 3.13. The zero-order valence-electron chi connectivity index (χ0n) is 18.6. The van der Waals surface area contributed by atoms with E-state index in [0.717, 1.165) is 29.5 Å². The third kappa shape index (κ3) is 4.16. The van der Waals surface area contributed by atoms with Gasteiger partial charge in [-0.1, -0.05) is 5.16 Å². The summed E-state index contributed by atoms with van der Waals surface area (Å²) in [4.78, 5) is 19.6. The Balaban J connectivity index is 1.26. The minimum absolute atomic E-state index is 0.0304. The van der Waals surface area contributed by atoms with Crippen molar-refractivity contribution in [3.63, 3.8) is 0 Å². The second-order valence-corrected chi connectivity index (χ2v) is 7.99. The fourth-order valence-corrected chi connectivity index (χ4v) is 4.21. The Morgan fingerprint density at radius 2 is 1.94 bits per heavy atom. The van der Waals surface area contributed by atoms with Gasteiger partial charge in [-0.05, 0) is 62.2 Å². The molecule has 3 heterocycles. The van der Waals surface area contributed by atoms with Crippen LogP contribution in [0.4, 0.5) is 0 Å². The lowest BCUT2D eigenvalue weighted by Crippen LogP contribution is -2.38. The van der Waals surface area contributed by atoms with Crippen molar-refractivity contribution in [2.45, 2.75) is 25.7 Å². The Labute approximate surface area is 191 Å². The SMILES string of the molecule is CCOc1cc(C(=O)N2CCC(c3nc(-c4ccc(OC)cc4)no3)CC2)cc2occc12. The van der Waals surface area contributed by atoms with Crippen molar-refractivity contribution < 1.29 is 23.2 Å². The predicted octanol–water partition coefficient (Wildman–Crippen LogP) is 4.91. The van der Waals surface area contributed by atoms with Gasteiger partial charge in [0.05, 0.1) is 25.4 Å². The molecule has 4 aromatic rings. The lowest BCUT2D eigenvalue weighted by Gasteiger charge is -2.30. The quantitative estimate of drug-likeness (QED) is 0.415. The number of benzene rings is 2. The highest BCUT2D eigenvalue weighted by atomic mass is 16.5. The Kier molecular flexibility index (Phi) is 5.73. The molecule has 2 aromatic carbocycles. The van der Waals surface area contributed by atoms with Gasteiger partial charge in [-0.25, -0.2) is 0 Å². The average Bonchev–Trinajstić information content (AvgIpc) is 3.54. The number of carbonyl (C=O) groups is 1. The van der Waals surface area contributed by atoms with Crippen LogP contribution in [-0.2, 0) is 0 Å². The molecule has 0 aliphatic carbocycles. The standard InChI is InChI=1S/C25H25N3O5/c1-3-31-21-14-18(15-22-20(21)10-13-32-22)25(29)28-11-8-17(9-12-28)24-26-23(27-33-24)16-4-6-19(30-2)7-5-16/h4-7,10,13-15,17H,3,8-9,11-12H2,1-2H3. The first kappa shape index (κ1) is 21.1. The molecular weight excluding hydrogens is 422 g/mol. The van der Waals surface area contributed by atoms with Crippen LogP contribution >= 0.6 is 0 Å². The van der Waals surface area contributed by atoms with Gasteiger partial charge in [-0.2, -0.15) is 4.98 Å². The lowest BCUT2D eigenvalue weighted by molar-refractivity contribution is 0.0704. The van der Waals surface area contributed by atoms with Crippen LogP contribution in [0.25, 0.3) is 22.4 Å². The number of furan rings is 1. The number of nitrogens with zero attached hydrogens (tertiary/aromatic N) is 3. The molecule has 8 heteroatoms. The number of aromatic nitrogens is 2. The monoisotopic (exact) mass is 447 g/mol. The van der Waals surface area contributed by atoms with E-state index in [2.05, 4.69) is 10.1 Å². The molecule has 0 spiro atoms. The van der Waals surface area contributed by atoms with Crippen molar-refractivity contribution in [3.8, 4) is 22.9 Å². The van der Waals surface area contributed by atoms with Gasteiger partial charge >= 0.3 is 0 Å². The first-order valence-corrected chi connectivity index (χ1v) is 11.1. The normalized spacial score (nSPS) is 14.5. The van der Waals surface area contributed by atoms with Gasteiger partial charge in [0.15, 0.2) is 0 Å². The van der Waals surface area contributed by atoms with Crippen molar-refractivity contribution in [2.75, 3.05) is 26.8 Å². The largest absolute Gasteiger partial charge is 0.497 e. The molecule has 8 nitrogen and oxygen atoms in total. The summed E-state index contributed by atoms with van der Waals surface area (Å²) in [6.45, 7) is 3.67. The van der Waals surface area contributed by atoms with Crippen LogP contribution in [-0.4, -0.2) is 47.8 Å². The minimum Gasteiger partial charge on any atom is -0.497 e. The number of ether oxygens (including phenoxy) is 2. The van der Waals surface area contributed by atoms with E-state index in [1.54, 1.807) is 25.5 Å². The van der Waals surface area contributed by atoms with Crippen LogP contribution in [0.1, 0.15) is 41.9 Å². The summed E-state index contributed by atoms with van der Waals surface area (Å²) in [7, 11) is 1.63. The van der Waals surface area contributed by atoms with E-state index in [9.17, 15) is 4.79 Å².